The lowest BCUT2D eigenvalue weighted by Gasteiger charge is -2.15. The van der Waals surface area contributed by atoms with E-state index in [0.29, 0.717) is 16.3 Å². The summed E-state index contributed by atoms with van der Waals surface area (Å²) in [5.41, 5.74) is 2.30. The van der Waals surface area contributed by atoms with Crippen LogP contribution in [-0.4, -0.2) is 35.9 Å². The minimum atomic E-state index is -3.80. The van der Waals surface area contributed by atoms with Gasteiger partial charge in [0, 0.05) is 18.0 Å². The van der Waals surface area contributed by atoms with Gasteiger partial charge in [0.15, 0.2) is 0 Å². The zero-order chi connectivity index (χ0) is 18.2. The van der Waals surface area contributed by atoms with E-state index in [4.69, 9.17) is 0 Å². The number of aromatic nitrogens is 1. The van der Waals surface area contributed by atoms with Crippen LogP contribution in [0.15, 0.2) is 40.3 Å². The molecule has 1 aromatic heterocycles. The second-order valence-corrected chi connectivity index (χ2v) is 8.51. The van der Waals surface area contributed by atoms with Gasteiger partial charge in [-0.3, -0.25) is 4.79 Å². The average Bonchev–Trinajstić information content (AvgIpc) is 2.75. The monoisotopic (exact) mass is 373 g/mol. The van der Waals surface area contributed by atoms with Gasteiger partial charge in [0.2, 0.25) is 0 Å². The predicted molar refractivity (Wildman–Crippen MR) is 93.8 cm³/mol. The molecule has 2 heterocycles. The highest BCUT2D eigenvalue weighted by atomic mass is 32.2. The fourth-order valence-corrected chi connectivity index (χ4v) is 5.43. The average molecular weight is 373 g/mol. The molecule has 0 bridgehead atoms. The smallest absolute Gasteiger partial charge is 0.268 e. The molecule has 0 radical (unpaired) electrons. The van der Waals surface area contributed by atoms with Crippen LogP contribution in [0, 0.1) is 25.2 Å². The van der Waals surface area contributed by atoms with Gasteiger partial charge in [0.25, 0.3) is 15.9 Å². The molecule has 0 N–H and O–H groups in total. The van der Waals surface area contributed by atoms with Crippen LogP contribution in [0.3, 0.4) is 0 Å². The van der Waals surface area contributed by atoms with Crippen LogP contribution in [0.4, 0.5) is 0 Å². The van der Waals surface area contributed by atoms with Crippen LogP contribution in [-0.2, 0) is 10.0 Å². The molecule has 2 aromatic rings. The molecule has 0 saturated carbocycles. The lowest BCUT2D eigenvalue weighted by atomic mass is 10.1. The number of amides is 1. The van der Waals surface area contributed by atoms with E-state index in [2.05, 4.69) is 11.1 Å². The van der Waals surface area contributed by atoms with Crippen molar-refractivity contribution in [1.29, 1.82) is 5.26 Å². The van der Waals surface area contributed by atoms with E-state index >= 15 is 0 Å². The number of sulfonamides is 1. The Morgan fingerprint density at radius 2 is 2.00 bits per heavy atom. The Bertz CT molecular complexity index is 1010. The van der Waals surface area contributed by atoms with Crippen molar-refractivity contribution in [3.05, 3.63) is 52.7 Å². The number of fused-ring (bicyclic) bond motifs is 1. The van der Waals surface area contributed by atoms with Crippen molar-refractivity contribution in [3.8, 4) is 6.07 Å². The molecule has 0 spiro atoms. The first-order chi connectivity index (χ1) is 11.9. The summed E-state index contributed by atoms with van der Waals surface area (Å²) in [6, 6.07) is 10.1. The number of thioether (sulfide) groups is 1. The van der Waals surface area contributed by atoms with Crippen LogP contribution in [0.2, 0.25) is 0 Å². The van der Waals surface area contributed by atoms with Gasteiger partial charge in [-0.05, 0) is 37.6 Å². The third-order valence-electron chi connectivity index (χ3n) is 3.87. The molecule has 8 heteroatoms. The van der Waals surface area contributed by atoms with Crippen LogP contribution < -0.4 is 0 Å². The van der Waals surface area contributed by atoms with E-state index in [-0.39, 0.29) is 17.0 Å². The highest BCUT2D eigenvalue weighted by Gasteiger charge is 2.40. The number of rotatable bonds is 4. The lowest BCUT2D eigenvalue weighted by molar-refractivity contribution is 0.0876. The van der Waals surface area contributed by atoms with Crippen LogP contribution >= 0.6 is 11.8 Å². The van der Waals surface area contributed by atoms with Gasteiger partial charge in [0.05, 0.1) is 11.1 Å². The summed E-state index contributed by atoms with van der Waals surface area (Å²) >= 11 is 1.28. The molecule has 0 aliphatic carbocycles. The number of pyridine rings is 1. The first-order valence-electron chi connectivity index (χ1n) is 7.53. The maximum atomic E-state index is 12.5. The first kappa shape index (κ1) is 17.5. The highest BCUT2D eigenvalue weighted by molar-refractivity contribution is 7.99. The molecule has 1 aliphatic heterocycles. The standard InChI is InChI=1S/C17H15N3O3S2/c1-11-9-12(2)19-16(14(11)10-18)24-8-7-20-17(21)13-5-3-4-6-15(13)25(20,22)23/h3-6,9H,7-8H2,1-2H3. The third-order valence-corrected chi connectivity index (χ3v) is 6.66. The van der Waals surface area contributed by atoms with E-state index in [9.17, 15) is 18.5 Å². The van der Waals surface area contributed by atoms with Crippen molar-refractivity contribution >= 4 is 27.7 Å². The van der Waals surface area contributed by atoms with E-state index < -0.39 is 15.9 Å². The summed E-state index contributed by atoms with van der Waals surface area (Å²) in [5, 5.41) is 9.84. The molecule has 0 fully saturated rings. The molecule has 25 heavy (non-hydrogen) atoms. The van der Waals surface area contributed by atoms with Gasteiger partial charge in [-0.1, -0.05) is 12.1 Å². The van der Waals surface area contributed by atoms with Crippen LogP contribution in [0.1, 0.15) is 27.2 Å². The quantitative estimate of drug-likeness (QED) is 0.765. The van der Waals surface area contributed by atoms with Crippen molar-refractivity contribution in [3.63, 3.8) is 0 Å². The van der Waals surface area contributed by atoms with Crippen molar-refractivity contribution in [2.24, 2.45) is 0 Å². The summed E-state index contributed by atoms with van der Waals surface area (Å²) in [7, 11) is -3.80. The number of aryl methyl sites for hydroxylation is 2. The normalized spacial score (nSPS) is 15.1. The van der Waals surface area contributed by atoms with Gasteiger partial charge in [-0.2, -0.15) is 5.26 Å². The Kier molecular flexibility index (Phi) is 4.54. The zero-order valence-electron chi connectivity index (χ0n) is 13.7. The number of nitrogens with zero attached hydrogens (tertiary/aromatic N) is 3. The molecule has 0 unspecified atom stereocenters. The van der Waals surface area contributed by atoms with Gasteiger partial charge >= 0.3 is 0 Å². The van der Waals surface area contributed by atoms with E-state index in [1.165, 1.54) is 23.9 Å². The van der Waals surface area contributed by atoms with Crippen molar-refractivity contribution in [1.82, 2.24) is 9.29 Å². The first-order valence-corrected chi connectivity index (χ1v) is 9.96. The minimum Gasteiger partial charge on any atom is -0.268 e. The van der Waals surface area contributed by atoms with E-state index in [1.54, 1.807) is 12.1 Å². The molecule has 1 amide bonds. The topological polar surface area (TPSA) is 91.1 Å². The number of benzene rings is 1. The molecular formula is C17H15N3O3S2. The van der Waals surface area contributed by atoms with Crippen molar-refractivity contribution in [2.75, 3.05) is 12.3 Å². The summed E-state index contributed by atoms with van der Waals surface area (Å²) in [6.07, 6.45) is 0. The largest absolute Gasteiger partial charge is 0.269 e. The molecular weight excluding hydrogens is 358 g/mol. The number of hydrogen-bond donors (Lipinski definition) is 0. The highest BCUT2D eigenvalue weighted by Crippen LogP contribution is 2.31. The Morgan fingerprint density at radius 1 is 1.28 bits per heavy atom. The SMILES string of the molecule is Cc1cc(C)c(C#N)c(SCCN2C(=O)c3ccccc3S2(=O)=O)n1. The summed E-state index contributed by atoms with van der Waals surface area (Å²) < 4.78 is 25.9. The second-order valence-electron chi connectivity index (χ2n) is 5.60. The van der Waals surface area contributed by atoms with Gasteiger partial charge in [-0.25, -0.2) is 17.7 Å². The molecule has 0 atom stereocenters. The number of carbonyl (C=O) groups is 1. The van der Waals surface area contributed by atoms with E-state index in [1.807, 2.05) is 19.9 Å². The molecule has 1 aromatic carbocycles. The number of carbonyl (C=O) groups excluding carboxylic acids is 1. The summed E-state index contributed by atoms with van der Waals surface area (Å²) in [6.45, 7) is 3.70. The van der Waals surface area contributed by atoms with Gasteiger partial charge < -0.3 is 0 Å². The molecule has 0 saturated heterocycles. The van der Waals surface area contributed by atoms with Gasteiger partial charge in [-0.15, -0.1) is 11.8 Å². The number of hydrogen-bond acceptors (Lipinski definition) is 6. The maximum Gasteiger partial charge on any atom is 0.269 e. The fourth-order valence-electron chi connectivity index (χ4n) is 2.72. The Morgan fingerprint density at radius 3 is 2.68 bits per heavy atom. The molecule has 6 nitrogen and oxygen atoms in total. The predicted octanol–water partition coefficient (Wildman–Crippen LogP) is 2.51. The minimum absolute atomic E-state index is 0.0278. The van der Waals surface area contributed by atoms with E-state index in [0.717, 1.165) is 15.6 Å². The lowest BCUT2D eigenvalue weighted by Crippen LogP contribution is -2.32. The summed E-state index contributed by atoms with van der Waals surface area (Å²) in [4.78, 5) is 16.8. The Labute approximate surface area is 150 Å². The van der Waals surface area contributed by atoms with Crippen LogP contribution in [0.25, 0.3) is 0 Å². The zero-order valence-corrected chi connectivity index (χ0v) is 15.3. The molecule has 128 valence electrons. The Hall–Kier alpha value is -2.37. The van der Waals surface area contributed by atoms with Crippen molar-refractivity contribution in [2.45, 2.75) is 23.8 Å². The fraction of sp³-hybridized carbons (Fsp3) is 0.235. The molecule has 3 rings (SSSR count). The third kappa shape index (κ3) is 3.01. The second kappa shape index (κ2) is 6.50. The summed E-state index contributed by atoms with van der Waals surface area (Å²) in [5.74, 6) is -0.186. The maximum absolute atomic E-state index is 12.5. The van der Waals surface area contributed by atoms with Crippen molar-refractivity contribution < 1.29 is 13.2 Å². The molecule has 1 aliphatic rings. The van der Waals surface area contributed by atoms with Gasteiger partial charge in [0.1, 0.15) is 16.0 Å². The van der Waals surface area contributed by atoms with Crippen LogP contribution in [0.5, 0.6) is 0 Å². The Balaban J connectivity index is 1.79. The number of nitriles is 1.